The SMILES string of the molecule is COC(C)COCCC[Si](C)(OC(C)=O)OC(C)=O. The Kier molecular flexibility index (Phi) is 8.62. The van der Waals surface area contributed by atoms with Crippen molar-refractivity contribution in [3.63, 3.8) is 0 Å². The van der Waals surface area contributed by atoms with Gasteiger partial charge in [0, 0.05) is 40.2 Å². The molecule has 0 N–H and O–H groups in total. The van der Waals surface area contributed by atoms with Gasteiger partial charge >= 0.3 is 8.56 Å². The highest BCUT2D eigenvalue weighted by Gasteiger charge is 2.37. The predicted octanol–water partition coefficient (Wildman–Crippen LogP) is 1.63. The van der Waals surface area contributed by atoms with E-state index in [2.05, 4.69) is 0 Å². The lowest BCUT2D eigenvalue weighted by Crippen LogP contribution is -2.41. The largest absolute Gasteiger partial charge is 0.485 e. The van der Waals surface area contributed by atoms with Crippen LogP contribution in [0.1, 0.15) is 27.2 Å². The van der Waals surface area contributed by atoms with Gasteiger partial charge in [0.25, 0.3) is 11.9 Å². The highest BCUT2D eigenvalue weighted by Crippen LogP contribution is 2.16. The van der Waals surface area contributed by atoms with E-state index in [4.69, 9.17) is 18.3 Å². The third-order valence-electron chi connectivity index (χ3n) is 2.39. The number of carbonyl (C=O) groups excluding carboxylic acids is 2. The minimum atomic E-state index is -2.77. The first-order valence-electron chi connectivity index (χ1n) is 6.29. The van der Waals surface area contributed by atoms with Crippen LogP contribution < -0.4 is 0 Å². The molecule has 0 fully saturated rings. The molecule has 0 aliphatic carbocycles. The van der Waals surface area contributed by atoms with Gasteiger partial charge in [0.05, 0.1) is 12.7 Å². The smallest absolute Gasteiger partial charge is 0.461 e. The van der Waals surface area contributed by atoms with Crippen molar-refractivity contribution in [2.75, 3.05) is 20.3 Å². The number of carbonyl (C=O) groups is 2. The Bertz CT molecular complexity index is 278. The minimum Gasteiger partial charge on any atom is -0.485 e. The molecule has 0 heterocycles. The summed E-state index contributed by atoms with van der Waals surface area (Å²) in [5, 5.41) is 0. The van der Waals surface area contributed by atoms with E-state index in [0.29, 0.717) is 25.7 Å². The maximum absolute atomic E-state index is 11.0. The first kappa shape index (κ1) is 18.1. The summed E-state index contributed by atoms with van der Waals surface area (Å²) in [6.07, 6.45) is 0.713. The number of ether oxygens (including phenoxy) is 2. The Balaban J connectivity index is 4.05. The van der Waals surface area contributed by atoms with E-state index in [0.717, 1.165) is 0 Å². The summed E-state index contributed by atoms with van der Waals surface area (Å²) in [7, 11) is -1.15. The molecule has 6 nitrogen and oxygen atoms in total. The Labute approximate surface area is 115 Å². The van der Waals surface area contributed by atoms with Crippen molar-refractivity contribution in [1.29, 1.82) is 0 Å². The monoisotopic (exact) mass is 292 g/mol. The number of hydrogen-bond acceptors (Lipinski definition) is 6. The van der Waals surface area contributed by atoms with Crippen LogP contribution in [0.3, 0.4) is 0 Å². The number of methoxy groups -OCH3 is 1. The maximum Gasteiger partial charge on any atom is 0.461 e. The average molecular weight is 292 g/mol. The summed E-state index contributed by atoms with van der Waals surface area (Å²) >= 11 is 0. The normalized spacial score (nSPS) is 12.9. The van der Waals surface area contributed by atoms with Crippen molar-refractivity contribution in [2.45, 2.75) is 45.9 Å². The third kappa shape index (κ3) is 9.63. The van der Waals surface area contributed by atoms with E-state index in [1.54, 1.807) is 13.7 Å². The molecular formula is C12H24O6Si. The summed E-state index contributed by atoms with van der Waals surface area (Å²) in [6, 6.07) is 0.521. The molecule has 0 aromatic carbocycles. The fourth-order valence-corrected chi connectivity index (χ4v) is 3.79. The zero-order chi connectivity index (χ0) is 14.9. The van der Waals surface area contributed by atoms with Gasteiger partial charge in [-0.25, -0.2) is 0 Å². The highest BCUT2D eigenvalue weighted by atomic mass is 28.4. The van der Waals surface area contributed by atoms with Crippen molar-refractivity contribution in [3.8, 4) is 0 Å². The van der Waals surface area contributed by atoms with Crippen LogP contribution in [0.4, 0.5) is 0 Å². The van der Waals surface area contributed by atoms with Gasteiger partial charge in [-0.3, -0.25) is 9.59 Å². The predicted molar refractivity (Wildman–Crippen MR) is 71.9 cm³/mol. The van der Waals surface area contributed by atoms with Crippen LogP contribution in [0.2, 0.25) is 12.6 Å². The first-order chi connectivity index (χ1) is 8.79. The zero-order valence-corrected chi connectivity index (χ0v) is 13.4. The Hall–Kier alpha value is -0.923. The fourth-order valence-electron chi connectivity index (χ4n) is 1.54. The lowest BCUT2D eigenvalue weighted by molar-refractivity contribution is -0.138. The van der Waals surface area contributed by atoms with Crippen LogP contribution in [0.25, 0.3) is 0 Å². The summed E-state index contributed by atoms with van der Waals surface area (Å²) in [5.74, 6) is -0.853. The second-order valence-corrected chi connectivity index (χ2v) is 7.72. The molecule has 0 spiro atoms. The van der Waals surface area contributed by atoms with Gasteiger partial charge in [0.15, 0.2) is 0 Å². The van der Waals surface area contributed by atoms with Crippen LogP contribution in [-0.4, -0.2) is 46.9 Å². The molecule has 0 aromatic heterocycles. The molecule has 0 aromatic rings. The molecular weight excluding hydrogens is 268 g/mol. The summed E-state index contributed by atoms with van der Waals surface area (Å²) in [4.78, 5) is 22.1. The van der Waals surface area contributed by atoms with Gasteiger partial charge in [-0.2, -0.15) is 0 Å². The minimum absolute atomic E-state index is 0.0468. The molecule has 0 saturated carbocycles. The maximum atomic E-state index is 11.0. The molecule has 0 radical (unpaired) electrons. The Morgan fingerprint density at radius 3 is 2.11 bits per heavy atom. The van der Waals surface area contributed by atoms with Gasteiger partial charge in [-0.05, 0) is 13.3 Å². The van der Waals surface area contributed by atoms with Gasteiger partial charge in [0.1, 0.15) is 0 Å². The van der Waals surface area contributed by atoms with Crippen molar-refractivity contribution in [2.24, 2.45) is 0 Å². The highest BCUT2D eigenvalue weighted by molar-refractivity contribution is 6.69. The molecule has 0 amide bonds. The van der Waals surface area contributed by atoms with E-state index in [1.165, 1.54) is 13.8 Å². The molecule has 1 atom stereocenters. The number of rotatable bonds is 9. The number of hydrogen-bond donors (Lipinski definition) is 0. The molecule has 0 aliphatic heterocycles. The third-order valence-corrected chi connectivity index (χ3v) is 5.09. The Morgan fingerprint density at radius 2 is 1.68 bits per heavy atom. The standard InChI is InChI=1S/C12H24O6Si/c1-10(15-4)9-16-7-6-8-19(5,17-11(2)13)18-12(3)14/h10H,6-9H2,1-5H3. The van der Waals surface area contributed by atoms with Crippen LogP contribution >= 0.6 is 0 Å². The molecule has 19 heavy (non-hydrogen) atoms. The van der Waals surface area contributed by atoms with E-state index < -0.39 is 20.5 Å². The van der Waals surface area contributed by atoms with E-state index in [-0.39, 0.29) is 6.10 Å². The summed E-state index contributed by atoms with van der Waals surface area (Å²) in [5.41, 5.74) is 0. The van der Waals surface area contributed by atoms with E-state index >= 15 is 0 Å². The fraction of sp³-hybridized carbons (Fsp3) is 0.833. The average Bonchev–Trinajstić information content (AvgIpc) is 2.25. The van der Waals surface area contributed by atoms with Gasteiger partial charge in [-0.15, -0.1) is 0 Å². The lowest BCUT2D eigenvalue weighted by Gasteiger charge is -2.24. The van der Waals surface area contributed by atoms with Crippen LogP contribution in [-0.2, 0) is 27.9 Å². The van der Waals surface area contributed by atoms with Crippen molar-refractivity contribution < 1.29 is 27.9 Å². The van der Waals surface area contributed by atoms with Crippen LogP contribution in [0, 0.1) is 0 Å². The molecule has 1 unspecified atom stereocenters. The van der Waals surface area contributed by atoms with Gasteiger partial charge < -0.3 is 18.3 Å². The topological polar surface area (TPSA) is 71.1 Å². The molecule has 112 valence electrons. The molecule has 0 rings (SSSR count). The molecule has 0 aliphatic rings. The second kappa shape index (κ2) is 9.06. The van der Waals surface area contributed by atoms with Gasteiger partial charge in [-0.1, -0.05) is 0 Å². The van der Waals surface area contributed by atoms with Crippen molar-refractivity contribution in [1.82, 2.24) is 0 Å². The second-order valence-electron chi connectivity index (χ2n) is 4.55. The van der Waals surface area contributed by atoms with Crippen molar-refractivity contribution >= 4 is 20.5 Å². The van der Waals surface area contributed by atoms with E-state index in [9.17, 15) is 9.59 Å². The van der Waals surface area contributed by atoms with E-state index in [1.807, 2.05) is 6.92 Å². The van der Waals surface area contributed by atoms with Crippen LogP contribution in [0.15, 0.2) is 0 Å². The molecule has 7 heteroatoms. The summed E-state index contributed by atoms with van der Waals surface area (Å²) < 4.78 is 20.8. The Morgan fingerprint density at radius 1 is 1.16 bits per heavy atom. The quantitative estimate of drug-likeness (QED) is 0.475. The molecule has 0 saturated heterocycles. The molecule has 0 bridgehead atoms. The van der Waals surface area contributed by atoms with Crippen LogP contribution in [0.5, 0.6) is 0 Å². The van der Waals surface area contributed by atoms with Gasteiger partial charge in [0.2, 0.25) is 0 Å². The lowest BCUT2D eigenvalue weighted by atomic mass is 10.4. The van der Waals surface area contributed by atoms with Crippen molar-refractivity contribution in [3.05, 3.63) is 0 Å². The zero-order valence-electron chi connectivity index (χ0n) is 12.4. The summed E-state index contributed by atoms with van der Waals surface area (Å²) in [6.45, 7) is 7.26. The first-order valence-corrected chi connectivity index (χ1v) is 8.81.